The molecule has 0 spiro atoms. The van der Waals surface area contributed by atoms with Gasteiger partial charge in [-0.3, -0.25) is 4.79 Å². The van der Waals surface area contributed by atoms with Gasteiger partial charge in [-0.15, -0.1) is 11.3 Å². The van der Waals surface area contributed by atoms with Crippen LogP contribution in [-0.4, -0.2) is 56.1 Å². The second-order valence-electron chi connectivity index (χ2n) is 6.07. The number of nitrogens with zero attached hydrogens (tertiary/aromatic N) is 2. The Morgan fingerprint density at radius 1 is 1.00 bits per heavy atom. The van der Waals surface area contributed by atoms with Gasteiger partial charge in [0.05, 0.1) is 0 Å². The summed E-state index contributed by atoms with van der Waals surface area (Å²) in [7, 11) is -3.34. The standard InChI is InChI=1S/C18H22N2O3S2/c21-17(16-6-2-1-3-7-16)8-4-10-19-11-13-20(14-12-19)25(22,23)18-9-5-15-24-18/h1-3,5-7,9,15H,4,8,10-14H2. The van der Waals surface area contributed by atoms with Gasteiger partial charge >= 0.3 is 0 Å². The number of hydrogen-bond acceptors (Lipinski definition) is 5. The van der Waals surface area contributed by atoms with Crippen molar-refractivity contribution in [3.05, 3.63) is 53.4 Å². The summed E-state index contributed by atoms with van der Waals surface area (Å²) in [6.07, 6.45) is 1.32. The summed E-state index contributed by atoms with van der Waals surface area (Å²) < 4.78 is 26.9. The molecule has 3 rings (SSSR count). The van der Waals surface area contributed by atoms with Crippen molar-refractivity contribution in [2.24, 2.45) is 0 Å². The molecule has 2 aromatic rings. The molecule has 0 unspecified atom stereocenters. The van der Waals surface area contributed by atoms with Crippen LogP contribution >= 0.6 is 11.3 Å². The molecule has 1 saturated heterocycles. The molecule has 0 amide bonds. The van der Waals surface area contributed by atoms with Crippen molar-refractivity contribution in [2.45, 2.75) is 17.1 Å². The van der Waals surface area contributed by atoms with Gasteiger partial charge in [-0.2, -0.15) is 4.31 Å². The zero-order valence-electron chi connectivity index (χ0n) is 14.0. The van der Waals surface area contributed by atoms with Crippen molar-refractivity contribution < 1.29 is 13.2 Å². The van der Waals surface area contributed by atoms with Gasteiger partial charge in [0.1, 0.15) is 4.21 Å². The van der Waals surface area contributed by atoms with E-state index in [1.165, 1.54) is 11.3 Å². The number of hydrogen-bond donors (Lipinski definition) is 0. The van der Waals surface area contributed by atoms with Gasteiger partial charge in [0.25, 0.3) is 10.0 Å². The first kappa shape index (κ1) is 18.3. The SMILES string of the molecule is O=C(CCCN1CCN(S(=O)(=O)c2cccs2)CC1)c1ccccc1. The summed E-state index contributed by atoms with van der Waals surface area (Å²) >= 11 is 1.26. The van der Waals surface area contributed by atoms with Crippen LogP contribution in [0, 0.1) is 0 Å². The maximum atomic E-state index is 12.5. The summed E-state index contributed by atoms with van der Waals surface area (Å²) in [5.74, 6) is 0.166. The van der Waals surface area contributed by atoms with E-state index in [9.17, 15) is 13.2 Å². The first-order valence-electron chi connectivity index (χ1n) is 8.41. The van der Waals surface area contributed by atoms with Crippen molar-refractivity contribution >= 4 is 27.1 Å². The van der Waals surface area contributed by atoms with E-state index in [2.05, 4.69) is 4.90 Å². The molecule has 1 aromatic carbocycles. The van der Waals surface area contributed by atoms with Gasteiger partial charge in [-0.1, -0.05) is 36.4 Å². The average Bonchev–Trinajstić information content (AvgIpc) is 3.18. The van der Waals surface area contributed by atoms with Crippen LogP contribution in [0.5, 0.6) is 0 Å². The first-order chi connectivity index (χ1) is 12.1. The van der Waals surface area contributed by atoms with Crippen LogP contribution in [-0.2, 0) is 10.0 Å². The molecular formula is C18H22N2O3S2. The molecule has 0 saturated carbocycles. The molecule has 0 N–H and O–H groups in total. The van der Waals surface area contributed by atoms with Crippen molar-refractivity contribution in [2.75, 3.05) is 32.7 Å². The Balaban J connectivity index is 1.43. The van der Waals surface area contributed by atoms with Crippen LogP contribution in [0.3, 0.4) is 0 Å². The molecule has 25 heavy (non-hydrogen) atoms. The van der Waals surface area contributed by atoms with Gasteiger partial charge in [-0.25, -0.2) is 8.42 Å². The predicted molar refractivity (Wildman–Crippen MR) is 99.5 cm³/mol. The van der Waals surface area contributed by atoms with Gasteiger partial charge in [0.15, 0.2) is 5.78 Å². The quantitative estimate of drug-likeness (QED) is 0.695. The Morgan fingerprint density at radius 3 is 2.36 bits per heavy atom. The third-order valence-corrected chi connectivity index (χ3v) is 7.67. The number of ketones is 1. The second kappa shape index (κ2) is 8.23. The van der Waals surface area contributed by atoms with E-state index in [4.69, 9.17) is 0 Å². The van der Waals surface area contributed by atoms with Crippen LogP contribution in [0.1, 0.15) is 23.2 Å². The van der Waals surface area contributed by atoms with Crippen LogP contribution in [0.15, 0.2) is 52.1 Å². The highest BCUT2D eigenvalue weighted by molar-refractivity contribution is 7.91. The molecule has 7 heteroatoms. The summed E-state index contributed by atoms with van der Waals surface area (Å²) in [4.78, 5) is 14.3. The van der Waals surface area contributed by atoms with E-state index in [0.717, 1.165) is 18.5 Å². The Kier molecular flexibility index (Phi) is 6.01. The summed E-state index contributed by atoms with van der Waals surface area (Å²) in [6.45, 7) is 3.26. The molecule has 0 atom stereocenters. The number of thiophene rings is 1. The lowest BCUT2D eigenvalue weighted by Crippen LogP contribution is -2.48. The van der Waals surface area contributed by atoms with Crippen LogP contribution in [0.2, 0.25) is 0 Å². The lowest BCUT2D eigenvalue weighted by molar-refractivity contribution is 0.0971. The maximum Gasteiger partial charge on any atom is 0.252 e. The van der Waals surface area contributed by atoms with Crippen molar-refractivity contribution in [1.29, 1.82) is 0 Å². The maximum absolute atomic E-state index is 12.5. The second-order valence-corrected chi connectivity index (χ2v) is 9.18. The fraction of sp³-hybridized carbons (Fsp3) is 0.389. The van der Waals surface area contributed by atoms with Gasteiger partial charge < -0.3 is 4.90 Å². The average molecular weight is 379 g/mol. The Bertz CT molecular complexity index is 781. The Hall–Kier alpha value is -1.54. The van der Waals surface area contributed by atoms with E-state index in [1.54, 1.807) is 21.8 Å². The molecule has 1 aromatic heterocycles. The largest absolute Gasteiger partial charge is 0.301 e. The minimum atomic E-state index is -3.34. The highest BCUT2D eigenvalue weighted by atomic mass is 32.2. The molecule has 0 bridgehead atoms. The van der Waals surface area contributed by atoms with Crippen molar-refractivity contribution in [3.63, 3.8) is 0 Å². The lowest BCUT2D eigenvalue weighted by atomic mass is 10.1. The van der Waals surface area contributed by atoms with Gasteiger partial charge in [-0.05, 0) is 24.4 Å². The van der Waals surface area contributed by atoms with E-state index in [0.29, 0.717) is 36.8 Å². The number of benzene rings is 1. The highest BCUT2D eigenvalue weighted by Crippen LogP contribution is 2.22. The predicted octanol–water partition coefficient (Wildman–Crippen LogP) is 2.72. The molecule has 1 fully saturated rings. The Labute approximate surface area is 152 Å². The first-order valence-corrected chi connectivity index (χ1v) is 10.7. The zero-order valence-corrected chi connectivity index (χ0v) is 15.6. The van der Waals surface area contributed by atoms with E-state index >= 15 is 0 Å². The molecule has 2 heterocycles. The fourth-order valence-electron chi connectivity index (χ4n) is 2.96. The molecule has 0 aliphatic carbocycles. The van der Waals surface area contributed by atoms with E-state index < -0.39 is 10.0 Å². The highest BCUT2D eigenvalue weighted by Gasteiger charge is 2.28. The molecule has 5 nitrogen and oxygen atoms in total. The van der Waals surface area contributed by atoms with Crippen molar-refractivity contribution in [3.8, 4) is 0 Å². The number of carbonyl (C=O) groups excluding carboxylic acids is 1. The smallest absolute Gasteiger partial charge is 0.252 e. The number of sulfonamides is 1. The van der Waals surface area contributed by atoms with Gasteiger partial charge in [0.2, 0.25) is 0 Å². The van der Waals surface area contributed by atoms with E-state index in [-0.39, 0.29) is 5.78 Å². The molecule has 134 valence electrons. The Morgan fingerprint density at radius 2 is 1.72 bits per heavy atom. The van der Waals surface area contributed by atoms with Crippen LogP contribution in [0.4, 0.5) is 0 Å². The van der Waals surface area contributed by atoms with E-state index in [1.807, 2.05) is 30.3 Å². The molecular weight excluding hydrogens is 356 g/mol. The topological polar surface area (TPSA) is 57.7 Å². The number of Topliss-reactive ketones (excluding diaryl/α,β-unsaturated/α-hetero) is 1. The lowest BCUT2D eigenvalue weighted by Gasteiger charge is -2.33. The van der Waals surface area contributed by atoms with Gasteiger partial charge in [0, 0.05) is 38.2 Å². The van der Waals surface area contributed by atoms with Crippen LogP contribution < -0.4 is 0 Å². The minimum absolute atomic E-state index is 0.166. The summed E-state index contributed by atoms with van der Waals surface area (Å²) in [5, 5.41) is 1.78. The third-order valence-electron chi connectivity index (χ3n) is 4.39. The molecule has 1 aliphatic heterocycles. The normalized spacial score (nSPS) is 16.8. The molecule has 1 aliphatic rings. The molecule has 0 radical (unpaired) electrons. The minimum Gasteiger partial charge on any atom is -0.301 e. The number of carbonyl (C=O) groups is 1. The fourth-order valence-corrected chi connectivity index (χ4v) is 5.53. The third kappa shape index (κ3) is 4.55. The van der Waals surface area contributed by atoms with Crippen molar-refractivity contribution in [1.82, 2.24) is 9.21 Å². The summed E-state index contributed by atoms with van der Waals surface area (Å²) in [5.41, 5.74) is 0.759. The number of piperazine rings is 1. The van der Waals surface area contributed by atoms with Crippen LogP contribution in [0.25, 0.3) is 0 Å². The summed E-state index contributed by atoms with van der Waals surface area (Å²) in [6, 6.07) is 12.8. The zero-order chi connectivity index (χ0) is 17.7. The monoisotopic (exact) mass is 378 g/mol. The number of rotatable bonds is 7.